The van der Waals surface area contributed by atoms with Crippen LogP contribution in [0.25, 0.3) is 11.1 Å². The standard InChI is InChI=1S/C33H39N3O7/c1-16(2)36(5)15-17-7-10-25(43-6)20(11-17)19-8-9-24(37)26-21(19)12-18-13-23-28(35(3)4)30(39)27(32(34)41)31(40)33(23,42)14-22(18)29(26)38/h7-11,14,16,18,23,28,37,39,42H,12-13,15H2,1-6H3,(H2,34,41)/t18-,23-,28-,33+/m0/s1. The summed E-state index contributed by atoms with van der Waals surface area (Å²) in [5.74, 6) is -4.03. The third-order valence-corrected chi connectivity index (χ3v) is 9.33. The number of methoxy groups -OCH3 is 1. The van der Waals surface area contributed by atoms with Gasteiger partial charge in [0.15, 0.2) is 11.4 Å². The van der Waals surface area contributed by atoms with Gasteiger partial charge in [-0.1, -0.05) is 12.1 Å². The smallest absolute Gasteiger partial charge is 0.255 e. The number of rotatable bonds is 7. The molecule has 43 heavy (non-hydrogen) atoms. The number of aliphatic hydroxyl groups is 2. The SMILES string of the molecule is COc1ccc(CN(C)C(C)C)cc1-c1ccc(O)c2c1C[C@H]1C[C@H]3[C@H](N(C)C)C(O)=C(C(N)=O)C(=O)[C@@]3(O)C=C1C2=O. The predicted octanol–water partition coefficient (Wildman–Crippen LogP) is 2.75. The third kappa shape index (κ3) is 4.83. The lowest BCUT2D eigenvalue weighted by molar-refractivity contribution is -0.142. The highest BCUT2D eigenvalue weighted by molar-refractivity contribution is 6.24. The number of ether oxygens (including phenoxy) is 1. The molecular weight excluding hydrogens is 550 g/mol. The third-order valence-electron chi connectivity index (χ3n) is 9.33. The van der Waals surface area contributed by atoms with Crippen molar-refractivity contribution in [3.8, 4) is 22.6 Å². The van der Waals surface area contributed by atoms with E-state index >= 15 is 0 Å². The van der Waals surface area contributed by atoms with Gasteiger partial charge in [-0.3, -0.25) is 24.2 Å². The lowest BCUT2D eigenvalue weighted by atomic mass is 9.59. The van der Waals surface area contributed by atoms with Crippen LogP contribution in [0.1, 0.15) is 41.8 Å². The van der Waals surface area contributed by atoms with Crippen LogP contribution in [0.4, 0.5) is 0 Å². The van der Waals surface area contributed by atoms with Crippen LogP contribution in [0.3, 0.4) is 0 Å². The number of benzene rings is 2. The molecule has 3 aliphatic rings. The maximum atomic E-state index is 14.1. The van der Waals surface area contributed by atoms with E-state index in [-0.39, 0.29) is 23.3 Å². The molecule has 0 aromatic heterocycles. The molecule has 5 rings (SSSR count). The first-order valence-electron chi connectivity index (χ1n) is 14.4. The Hall–Kier alpha value is -3.99. The molecule has 10 nitrogen and oxygen atoms in total. The summed E-state index contributed by atoms with van der Waals surface area (Å²) in [6, 6.07) is 8.64. The van der Waals surface area contributed by atoms with Crippen molar-refractivity contribution in [1.82, 2.24) is 9.80 Å². The first kappa shape index (κ1) is 30.5. The minimum Gasteiger partial charge on any atom is -0.510 e. The Labute approximate surface area is 251 Å². The van der Waals surface area contributed by atoms with Gasteiger partial charge in [0, 0.05) is 29.6 Å². The molecule has 0 unspecified atom stereocenters. The Morgan fingerprint density at radius 1 is 1.12 bits per heavy atom. The predicted molar refractivity (Wildman–Crippen MR) is 161 cm³/mol. The number of phenols is 1. The van der Waals surface area contributed by atoms with Gasteiger partial charge >= 0.3 is 0 Å². The molecule has 228 valence electrons. The molecule has 3 aliphatic carbocycles. The van der Waals surface area contributed by atoms with Gasteiger partial charge in [0.1, 0.15) is 22.8 Å². The molecule has 2 aromatic carbocycles. The Balaban J connectivity index is 1.65. The number of aromatic hydroxyl groups is 1. The molecule has 0 saturated carbocycles. The quantitative estimate of drug-likeness (QED) is 0.357. The summed E-state index contributed by atoms with van der Waals surface area (Å²) in [6.45, 7) is 4.94. The van der Waals surface area contributed by atoms with Gasteiger partial charge in [-0.15, -0.1) is 0 Å². The van der Waals surface area contributed by atoms with Gasteiger partial charge in [0.25, 0.3) is 5.91 Å². The number of amides is 1. The maximum Gasteiger partial charge on any atom is 0.255 e. The van der Waals surface area contributed by atoms with E-state index in [2.05, 4.69) is 18.7 Å². The van der Waals surface area contributed by atoms with Crippen molar-refractivity contribution < 1.29 is 34.4 Å². The molecule has 10 heteroatoms. The summed E-state index contributed by atoms with van der Waals surface area (Å²) in [6.07, 6.45) is 1.73. The fourth-order valence-electron chi connectivity index (χ4n) is 6.90. The Morgan fingerprint density at radius 2 is 1.81 bits per heavy atom. The number of Topliss-reactive ketones (excluding diaryl/α,β-unsaturated/α-hetero) is 2. The number of likely N-dealkylation sites (N-methyl/N-ethyl adjacent to an activating group) is 1. The number of fused-ring (bicyclic) bond motifs is 3. The second-order valence-corrected chi connectivity index (χ2v) is 12.4. The lowest BCUT2D eigenvalue weighted by Gasteiger charge is -2.49. The van der Waals surface area contributed by atoms with Crippen molar-refractivity contribution in [2.24, 2.45) is 17.6 Å². The number of nitrogens with two attached hydrogens (primary N) is 1. The van der Waals surface area contributed by atoms with E-state index in [0.717, 1.165) is 16.7 Å². The normalized spacial score (nSPS) is 25.1. The highest BCUT2D eigenvalue weighted by Crippen LogP contribution is 2.51. The summed E-state index contributed by atoms with van der Waals surface area (Å²) in [7, 11) is 6.97. The molecule has 1 amide bonds. The molecule has 0 saturated heterocycles. The number of primary amides is 1. The van der Waals surface area contributed by atoms with Crippen LogP contribution >= 0.6 is 0 Å². The van der Waals surface area contributed by atoms with Crippen LogP contribution in [0.2, 0.25) is 0 Å². The fourth-order valence-corrected chi connectivity index (χ4v) is 6.90. The van der Waals surface area contributed by atoms with Crippen molar-refractivity contribution in [2.45, 2.75) is 50.9 Å². The Kier molecular flexibility index (Phi) is 7.75. The molecule has 0 radical (unpaired) electrons. The molecule has 0 spiro atoms. The molecule has 0 heterocycles. The number of ketones is 2. The topological polar surface area (TPSA) is 154 Å². The second kappa shape index (κ2) is 10.9. The zero-order chi connectivity index (χ0) is 31.5. The number of carbonyl (C=O) groups excluding carboxylic acids is 3. The van der Waals surface area contributed by atoms with Gasteiger partial charge in [0.2, 0.25) is 5.78 Å². The summed E-state index contributed by atoms with van der Waals surface area (Å²) in [5, 5.41) is 33.7. The fraction of sp³-hybridized carbons (Fsp3) is 0.424. The molecular formula is C33H39N3O7. The summed E-state index contributed by atoms with van der Waals surface area (Å²) >= 11 is 0. The highest BCUT2D eigenvalue weighted by atomic mass is 16.5. The summed E-state index contributed by atoms with van der Waals surface area (Å²) < 4.78 is 5.72. The minimum absolute atomic E-state index is 0.106. The zero-order valence-corrected chi connectivity index (χ0v) is 25.3. The van der Waals surface area contributed by atoms with Crippen LogP contribution in [0.15, 0.2) is 53.3 Å². The maximum absolute atomic E-state index is 14.1. The Bertz CT molecular complexity index is 1590. The molecule has 0 bridgehead atoms. The van der Waals surface area contributed by atoms with E-state index < -0.39 is 52.3 Å². The van der Waals surface area contributed by atoms with E-state index in [1.807, 2.05) is 25.2 Å². The average molecular weight is 590 g/mol. The number of carbonyl (C=O) groups is 3. The molecule has 0 fully saturated rings. The van der Waals surface area contributed by atoms with Gasteiger partial charge < -0.3 is 25.8 Å². The van der Waals surface area contributed by atoms with Gasteiger partial charge in [-0.2, -0.15) is 0 Å². The minimum atomic E-state index is -2.24. The number of nitrogens with zero attached hydrogens (tertiary/aromatic N) is 2. The van der Waals surface area contributed by atoms with Crippen LogP contribution in [-0.4, -0.2) is 88.5 Å². The highest BCUT2D eigenvalue weighted by Gasteiger charge is 2.58. The number of allylic oxidation sites excluding steroid dienone is 1. The molecule has 4 atom stereocenters. The van der Waals surface area contributed by atoms with Gasteiger partial charge in [0.05, 0.1) is 18.7 Å². The summed E-state index contributed by atoms with van der Waals surface area (Å²) in [4.78, 5) is 43.5. The van der Waals surface area contributed by atoms with Crippen LogP contribution < -0.4 is 10.5 Å². The first-order valence-corrected chi connectivity index (χ1v) is 14.4. The van der Waals surface area contributed by atoms with Crippen molar-refractivity contribution >= 4 is 17.5 Å². The van der Waals surface area contributed by atoms with Gasteiger partial charge in [-0.25, -0.2) is 0 Å². The van der Waals surface area contributed by atoms with E-state index in [9.17, 15) is 29.7 Å². The average Bonchev–Trinajstić information content (AvgIpc) is 2.93. The monoisotopic (exact) mass is 589 g/mol. The van der Waals surface area contributed by atoms with Crippen molar-refractivity contribution in [1.29, 1.82) is 0 Å². The molecule has 5 N–H and O–H groups in total. The zero-order valence-electron chi connectivity index (χ0n) is 25.3. The summed E-state index contributed by atoms with van der Waals surface area (Å²) in [5.41, 5.74) is 6.06. The molecule has 0 aliphatic heterocycles. The van der Waals surface area contributed by atoms with E-state index in [1.54, 1.807) is 32.2 Å². The van der Waals surface area contributed by atoms with E-state index in [1.165, 1.54) is 12.1 Å². The van der Waals surface area contributed by atoms with E-state index in [4.69, 9.17) is 10.5 Å². The van der Waals surface area contributed by atoms with Gasteiger partial charge in [-0.05, 0) is 94.7 Å². The van der Waals surface area contributed by atoms with Crippen molar-refractivity contribution in [3.63, 3.8) is 0 Å². The lowest BCUT2D eigenvalue weighted by Crippen LogP contribution is -2.61. The molecule has 2 aromatic rings. The van der Waals surface area contributed by atoms with Crippen molar-refractivity contribution in [2.75, 3.05) is 28.3 Å². The Morgan fingerprint density at radius 3 is 2.42 bits per heavy atom. The number of phenolic OH excluding ortho intramolecular Hbond substituents is 1. The largest absolute Gasteiger partial charge is 0.510 e. The number of aliphatic hydroxyl groups excluding tert-OH is 1. The van der Waals surface area contributed by atoms with Crippen LogP contribution in [0.5, 0.6) is 11.5 Å². The van der Waals surface area contributed by atoms with Crippen LogP contribution in [-0.2, 0) is 22.6 Å². The van der Waals surface area contributed by atoms with Crippen molar-refractivity contribution in [3.05, 3.63) is 70.0 Å². The first-order chi connectivity index (χ1) is 20.2. The number of hydrogen-bond donors (Lipinski definition) is 4. The second-order valence-electron chi connectivity index (χ2n) is 12.4. The number of hydrogen-bond acceptors (Lipinski definition) is 9. The van der Waals surface area contributed by atoms with Crippen LogP contribution in [0, 0.1) is 11.8 Å². The van der Waals surface area contributed by atoms with E-state index in [0.29, 0.717) is 30.3 Å².